The molecule has 60 heavy (non-hydrogen) atoms. The zero-order valence-corrected chi connectivity index (χ0v) is 34.3. The summed E-state index contributed by atoms with van der Waals surface area (Å²) in [5, 5.41) is 0. The van der Waals surface area contributed by atoms with Crippen LogP contribution in [0.3, 0.4) is 0 Å². The summed E-state index contributed by atoms with van der Waals surface area (Å²) >= 11 is 0. The lowest BCUT2D eigenvalue weighted by molar-refractivity contribution is -0.326. The second-order valence-electron chi connectivity index (χ2n) is 14.0. The Hall–Kier alpha value is -5.54. The van der Waals surface area contributed by atoms with Crippen LogP contribution >= 0.6 is 0 Å². The molecule has 2 atom stereocenters. The SMILES string of the molecule is C=CC(=O)OCCCCCCCOc1cnc(-c2ccc(CO[C@H]3OCCO[C@@H]3OCc3ccc(-c4ncc(OCCCCCCCOC(=O)C=C)cn4)cc3)cc2)nc1. The minimum absolute atomic E-state index is 0.307. The number of nitrogens with zero attached hydrogens (tertiary/aromatic N) is 4. The zero-order valence-electron chi connectivity index (χ0n) is 34.3. The lowest BCUT2D eigenvalue weighted by Gasteiger charge is -2.31. The fourth-order valence-corrected chi connectivity index (χ4v) is 5.99. The van der Waals surface area contributed by atoms with Gasteiger partial charge in [-0.1, -0.05) is 100 Å². The van der Waals surface area contributed by atoms with E-state index in [2.05, 4.69) is 33.1 Å². The van der Waals surface area contributed by atoms with Crippen molar-refractivity contribution in [2.24, 2.45) is 0 Å². The molecule has 14 nitrogen and oxygen atoms in total. The molecule has 0 bridgehead atoms. The molecule has 0 N–H and O–H groups in total. The summed E-state index contributed by atoms with van der Waals surface area (Å²) in [5.41, 5.74) is 3.67. The second kappa shape index (κ2) is 26.5. The van der Waals surface area contributed by atoms with Gasteiger partial charge < -0.3 is 37.9 Å². The molecule has 0 amide bonds. The van der Waals surface area contributed by atoms with Gasteiger partial charge in [0.15, 0.2) is 23.1 Å². The molecule has 0 unspecified atom stereocenters. The van der Waals surface area contributed by atoms with Crippen LogP contribution in [0.4, 0.5) is 0 Å². The van der Waals surface area contributed by atoms with E-state index in [9.17, 15) is 9.59 Å². The minimum atomic E-state index is -0.683. The Morgan fingerprint density at radius 2 is 0.883 bits per heavy atom. The maximum absolute atomic E-state index is 11.1. The van der Waals surface area contributed by atoms with Crippen molar-refractivity contribution in [2.45, 2.75) is 90.0 Å². The quantitative estimate of drug-likeness (QED) is 0.0307. The average Bonchev–Trinajstić information content (AvgIpc) is 3.30. The molecule has 1 aliphatic heterocycles. The molecule has 1 fully saturated rings. The lowest BCUT2D eigenvalue weighted by atomic mass is 10.1. The summed E-state index contributed by atoms with van der Waals surface area (Å²) in [5.74, 6) is 1.71. The summed E-state index contributed by atoms with van der Waals surface area (Å²) in [6.07, 6.45) is 17.5. The van der Waals surface area contributed by atoms with Gasteiger partial charge in [0.1, 0.15) is 0 Å². The smallest absolute Gasteiger partial charge is 0.330 e. The van der Waals surface area contributed by atoms with Crippen LogP contribution in [-0.4, -0.2) is 84.1 Å². The van der Waals surface area contributed by atoms with E-state index < -0.39 is 12.6 Å². The Kier molecular flexibility index (Phi) is 20.1. The topological polar surface area (TPSA) is 160 Å². The predicted molar refractivity (Wildman–Crippen MR) is 223 cm³/mol. The van der Waals surface area contributed by atoms with Gasteiger partial charge in [-0.05, 0) is 36.8 Å². The molecule has 3 heterocycles. The molecular formula is C46H56N4O10. The Labute approximate surface area is 352 Å². The van der Waals surface area contributed by atoms with Crippen molar-refractivity contribution >= 4 is 11.9 Å². The van der Waals surface area contributed by atoms with E-state index in [1.807, 2.05) is 48.5 Å². The summed E-state index contributed by atoms with van der Waals surface area (Å²) < 4.78 is 45.5. The Morgan fingerprint density at radius 1 is 0.533 bits per heavy atom. The van der Waals surface area contributed by atoms with Crippen molar-refractivity contribution in [1.29, 1.82) is 0 Å². The Balaban J connectivity index is 0.958. The summed E-state index contributed by atoms with van der Waals surface area (Å²) in [6, 6.07) is 15.7. The molecule has 0 spiro atoms. The Morgan fingerprint density at radius 3 is 1.25 bits per heavy atom. The molecule has 1 saturated heterocycles. The fourth-order valence-electron chi connectivity index (χ4n) is 5.99. The third kappa shape index (κ3) is 16.6. The molecular weight excluding hydrogens is 769 g/mol. The molecule has 2 aromatic heterocycles. The van der Waals surface area contributed by atoms with Gasteiger partial charge in [-0.25, -0.2) is 29.5 Å². The molecule has 2 aromatic carbocycles. The van der Waals surface area contributed by atoms with Gasteiger partial charge in [0.2, 0.25) is 12.6 Å². The van der Waals surface area contributed by atoms with Crippen LogP contribution in [0.5, 0.6) is 11.5 Å². The Bertz CT molecular complexity index is 1720. The van der Waals surface area contributed by atoms with E-state index in [1.54, 1.807) is 24.8 Å². The van der Waals surface area contributed by atoms with E-state index in [1.165, 1.54) is 12.2 Å². The number of esters is 2. The molecule has 5 rings (SSSR count). The minimum Gasteiger partial charge on any atom is -0.490 e. The second-order valence-corrected chi connectivity index (χ2v) is 14.0. The number of hydrogen-bond donors (Lipinski definition) is 0. The third-order valence-corrected chi connectivity index (χ3v) is 9.32. The first-order valence-corrected chi connectivity index (χ1v) is 20.6. The van der Waals surface area contributed by atoms with Crippen LogP contribution in [0.15, 0.2) is 98.6 Å². The number of hydrogen-bond acceptors (Lipinski definition) is 14. The fraction of sp³-hybridized carbons (Fsp3) is 0.435. The first-order valence-electron chi connectivity index (χ1n) is 20.6. The average molecular weight is 825 g/mol. The number of carbonyl (C=O) groups excluding carboxylic acids is 2. The van der Waals surface area contributed by atoms with Gasteiger partial charge in [-0.3, -0.25) is 0 Å². The summed E-state index contributed by atoms with van der Waals surface area (Å²) in [6.45, 7) is 10.2. The van der Waals surface area contributed by atoms with Crippen molar-refractivity contribution in [2.75, 3.05) is 39.6 Å². The zero-order chi connectivity index (χ0) is 42.0. The molecule has 0 saturated carbocycles. The lowest BCUT2D eigenvalue weighted by Crippen LogP contribution is -2.41. The highest BCUT2D eigenvalue weighted by atomic mass is 16.8. The standard InChI is InChI=1S/C46H56N4O10/c1-3-41(51)55-25-13-9-5-7-11-23-53-39-29-47-43(48-30-39)37-19-15-35(16-20-37)33-59-45-46(58-28-27-57-45)60-34-36-17-21-38(22-18-36)44-49-31-40(32-50-44)54-24-12-8-6-10-14-26-56-42(52)4-2/h3-4,15-22,29-32,45-46H,1-2,5-14,23-28,33-34H2/t45-,46-/m1/s1. The first-order chi connectivity index (χ1) is 29.5. The predicted octanol–water partition coefficient (Wildman–Crippen LogP) is 8.15. The molecule has 0 radical (unpaired) electrons. The number of aromatic nitrogens is 4. The van der Waals surface area contributed by atoms with Gasteiger partial charge in [-0.15, -0.1) is 0 Å². The van der Waals surface area contributed by atoms with Crippen molar-refractivity contribution < 1.29 is 47.5 Å². The normalized spacial score (nSPS) is 14.9. The van der Waals surface area contributed by atoms with Gasteiger partial charge in [0.25, 0.3) is 0 Å². The molecule has 14 heteroatoms. The van der Waals surface area contributed by atoms with Gasteiger partial charge in [0, 0.05) is 23.3 Å². The largest absolute Gasteiger partial charge is 0.490 e. The summed E-state index contributed by atoms with van der Waals surface area (Å²) in [7, 11) is 0. The number of benzene rings is 2. The number of ether oxygens (including phenoxy) is 8. The van der Waals surface area contributed by atoms with Crippen LogP contribution in [0.2, 0.25) is 0 Å². The summed E-state index contributed by atoms with van der Waals surface area (Å²) in [4.78, 5) is 40.0. The van der Waals surface area contributed by atoms with Crippen molar-refractivity contribution in [1.82, 2.24) is 19.9 Å². The van der Waals surface area contributed by atoms with E-state index in [4.69, 9.17) is 37.9 Å². The number of rotatable bonds is 28. The van der Waals surface area contributed by atoms with Crippen molar-refractivity contribution in [3.05, 3.63) is 110 Å². The van der Waals surface area contributed by atoms with Crippen molar-refractivity contribution in [3.8, 4) is 34.3 Å². The van der Waals surface area contributed by atoms with Crippen LogP contribution in [0.25, 0.3) is 22.8 Å². The first kappa shape index (κ1) is 45.5. The monoisotopic (exact) mass is 824 g/mol. The third-order valence-electron chi connectivity index (χ3n) is 9.32. The highest BCUT2D eigenvalue weighted by molar-refractivity contribution is 5.81. The molecule has 320 valence electrons. The van der Waals surface area contributed by atoms with Gasteiger partial charge in [-0.2, -0.15) is 0 Å². The van der Waals surface area contributed by atoms with Gasteiger partial charge in [0.05, 0.1) is 77.6 Å². The van der Waals surface area contributed by atoms with Crippen molar-refractivity contribution in [3.63, 3.8) is 0 Å². The molecule has 4 aromatic rings. The molecule has 1 aliphatic rings. The van der Waals surface area contributed by atoms with Crippen LogP contribution in [0.1, 0.15) is 75.3 Å². The van der Waals surface area contributed by atoms with Gasteiger partial charge >= 0.3 is 11.9 Å². The highest BCUT2D eigenvalue weighted by Gasteiger charge is 2.29. The highest BCUT2D eigenvalue weighted by Crippen LogP contribution is 2.22. The number of unbranched alkanes of at least 4 members (excludes halogenated alkanes) is 8. The van der Waals surface area contributed by atoms with E-state index >= 15 is 0 Å². The van der Waals surface area contributed by atoms with E-state index in [-0.39, 0.29) is 11.9 Å². The van der Waals surface area contributed by atoms with E-state index in [0.29, 0.717) is 76.0 Å². The molecule has 0 aliphatic carbocycles. The maximum Gasteiger partial charge on any atom is 0.330 e. The van der Waals surface area contributed by atoms with E-state index in [0.717, 1.165) is 86.5 Å². The van der Waals surface area contributed by atoms with Crippen LogP contribution < -0.4 is 9.47 Å². The van der Waals surface area contributed by atoms with Crippen LogP contribution in [-0.2, 0) is 51.2 Å². The van der Waals surface area contributed by atoms with Crippen LogP contribution in [0, 0.1) is 0 Å². The number of carbonyl (C=O) groups is 2. The maximum atomic E-state index is 11.1.